The van der Waals surface area contributed by atoms with Crippen LogP contribution in [0.5, 0.6) is 0 Å². The highest BCUT2D eigenvalue weighted by Gasteiger charge is 2.27. The molecule has 2 heterocycles. The summed E-state index contributed by atoms with van der Waals surface area (Å²) >= 11 is 0. The highest BCUT2D eigenvalue weighted by Crippen LogP contribution is 2.23. The quantitative estimate of drug-likeness (QED) is 0.906. The predicted octanol–water partition coefficient (Wildman–Crippen LogP) is 2.94. The zero-order valence-corrected chi connectivity index (χ0v) is 12.7. The maximum Gasteiger partial charge on any atom is 0.0221 e. The van der Waals surface area contributed by atoms with Gasteiger partial charge < -0.3 is 10.2 Å². The number of rotatable bonds is 4. The van der Waals surface area contributed by atoms with Gasteiger partial charge in [-0.3, -0.25) is 0 Å². The van der Waals surface area contributed by atoms with Crippen LogP contribution in [-0.4, -0.2) is 37.1 Å². The average molecular weight is 272 g/mol. The molecule has 0 bridgehead atoms. The standard InChI is InChI=1S/C18H28N2/c1-15-7-10-19-18(15)14-20-11-8-17(9-12-20)13-16-5-3-2-4-6-16/h2-6,15,17-19H,7-14H2,1H3. The molecule has 2 fully saturated rings. The van der Waals surface area contributed by atoms with Crippen LogP contribution in [0, 0.1) is 11.8 Å². The van der Waals surface area contributed by atoms with Gasteiger partial charge in [-0.1, -0.05) is 37.3 Å². The molecule has 3 rings (SSSR count). The first-order chi connectivity index (χ1) is 9.81. The van der Waals surface area contributed by atoms with Crippen LogP contribution in [0.2, 0.25) is 0 Å². The molecule has 1 N–H and O–H groups in total. The molecule has 0 spiro atoms. The van der Waals surface area contributed by atoms with Gasteiger partial charge in [-0.15, -0.1) is 0 Å². The van der Waals surface area contributed by atoms with Gasteiger partial charge in [-0.25, -0.2) is 0 Å². The molecule has 1 aromatic carbocycles. The summed E-state index contributed by atoms with van der Waals surface area (Å²) in [7, 11) is 0. The molecule has 20 heavy (non-hydrogen) atoms. The monoisotopic (exact) mass is 272 g/mol. The predicted molar refractivity (Wildman–Crippen MR) is 84.9 cm³/mol. The Kier molecular flexibility index (Phi) is 4.74. The normalized spacial score (nSPS) is 28.9. The van der Waals surface area contributed by atoms with E-state index < -0.39 is 0 Å². The van der Waals surface area contributed by atoms with Crippen molar-refractivity contribution in [3.05, 3.63) is 35.9 Å². The second-order valence-electron chi connectivity index (χ2n) is 6.76. The molecule has 2 unspecified atom stereocenters. The van der Waals surface area contributed by atoms with Crippen LogP contribution in [0.4, 0.5) is 0 Å². The summed E-state index contributed by atoms with van der Waals surface area (Å²) in [4.78, 5) is 2.68. The summed E-state index contributed by atoms with van der Waals surface area (Å²) in [6, 6.07) is 11.7. The summed E-state index contributed by atoms with van der Waals surface area (Å²) < 4.78 is 0. The second-order valence-corrected chi connectivity index (χ2v) is 6.76. The lowest BCUT2D eigenvalue weighted by molar-refractivity contribution is 0.164. The molecule has 0 aromatic heterocycles. The molecular formula is C18H28N2. The smallest absolute Gasteiger partial charge is 0.0221 e. The fourth-order valence-corrected chi connectivity index (χ4v) is 3.74. The lowest BCUT2D eigenvalue weighted by Gasteiger charge is -2.34. The maximum atomic E-state index is 3.66. The van der Waals surface area contributed by atoms with Gasteiger partial charge in [0.05, 0.1) is 0 Å². The van der Waals surface area contributed by atoms with E-state index in [0.29, 0.717) is 0 Å². The highest BCUT2D eigenvalue weighted by molar-refractivity contribution is 5.15. The van der Waals surface area contributed by atoms with Gasteiger partial charge in [0.25, 0.3) is 0 Å². The van der Waals surface area contributed by atoms with Crippen molar-refractivity contribution in [1.29, 1.82) is 0 Å². The SMILES string of the molecule is CC1CCNC1CN1CCC(Cc2ccccc2)CC1. The second kappa shape index (κ2) is 6.73. The molecule has 2 nitrogen and oxygen atoms in total. The van der Waals surface area contributed by atoms with Gasteiger partial charge in [0.15, 0.2) is 0 Å². The van der Waals surface area contributed by atoms with Crippen LogP contribution >= 0.6 is 0 Å². The summed E-state index contributed by atoms with van der Waals surface area (Å²) in [5, 5.41) is 3.66. The van der Waals surface area contributed by atoms with Gasteiger partial charge in [-0.05, 0) is 62.7 Å². The summed E-state index contributed by atoms with van der Waals surface area (Å²) in [5.41, 5.74) is 1.51. The van der Waals surface area contributed by atoms with Crippen LogP contribution in [0.3, 0.4) is 0 Å². The molecule has 1 aromatic rings. The number of hydrogen-bond donors (Lipinski definition) is 1. The first-order valence-corrected chi connectivity index (χ1v) is 8.31. The fourth-order valence-electron chi connectivity index (χ4n) is 3.74. The third-order valence-corrected chi connectivity index (χ3v) is 5.22. The molecule has 2 aliphatic rings. The van der Waals surface area contributed by atoms with Crippen molar-refractivity contribution in [2.75, 3.05) is 26.2 Å². The van der Waals surface area contributed by atoms with Crippen molar-refractivity contribution >= 4 is 0 Å². The van der Waals surface area contributed by atoms with Gasteiger partial charge in [-0.2, -0.15) is 0 Å². The third kappa shape index (κ3) is 3.62. The zero-order chi connectivity index (χ0) is 13.8. The topological polar surface area (TPSA) is 15.3 Å². The molecule has 2 heteroatoms. The molecule has 110 valence electrons. The summed E-state index contributed by atoms with van der Waals surface area (Å²) in [6.07, 6.45) is 5.37. The molecule has 2 atom stereocenters. The average Bonchev–Trinajstić information content (AvgIpc) is 2.88. The van der Waals surface area contributed by atoms with E-state index in [4.69, 9.17) is 0 Å². The van der Waals surface area contributed by atoms with E-state index in [-0.39, 0.29) is 0 Å². The Hall–Kier alpha value is -0.860. The van der Waals surface area contributed by atoms with Crippen LogP contribution < -0.4 is 5.32 Å². The van der Waals surface area contributed by atoms with E-state index in [1.54, 1.807) is 0 Å². The first-order valence-electron chi connectivity index (χ1n) is 8.31. The third-order valence-electron chi connectivity index (χ3n) is 5.22. The van der Waals surface area contributed by atoms with Gasteiger partial charge >= 0.3 is 0 Å². The lowest BCUT2D eigenvalue weighted by Crippen LogP contribution is -2.43. The fraction of sp³-hybridized carbons (Fsp3) is 0.667. The van der Waals surface area contributed by atoms with E-state index in [1.807, 2.05) is 0 Å². The summed E-state index contributed by atoms with van der Waals surface area (Å²) in [6.45, 7) is 7.47. The first kappa shape index (κ1) is 14.1. The largest absolute Gasteiger partial charge is 0.312 e. The van der Waals surface area contributed by atoms with Crippen molar-refractivity contribution < 1.29 is 0 Å². The van der Waals surface area contributed by atoms with Crippen LogP contribution in [0.1, 0.15) is 31.7 Å². The minimum atomic E-state index is 0.737. The Bertz CT molecular complexity index is 395. The van der Waals surface area contributed by atoms with E-state index in [0.717, 1.165) is 17.9 Å². The van der Waals surface area contributed by atoms with Gasteiger partial charge in [0.2, 0.25) is 0 Å². The molecule has 2 aliphatic heterocycles. The number of nitrogens with one attached hydrogen (secondary N) is 1. The van der Waals surface area contributed by atoms with Crippen LogP contribution in [0.25, 0.3) is 0 Å². The number of nitrogens with zero attached hydrogens (tertiary/aromatic N) is 1. The van der Waals surface area contributed by atoms with E-state index >= 15 is 0 Å². The molecule has 0 saturated carbocycles. The van der Waals surface area contributed by atoms with E-state index in [1.165, 1.54) is 57.4 Å². The zero-order valence-electron chi connectivity index (χ0n) is 12.7. The minimum absolute atomic E-state index is 0.737. The Balaban J connectivity index is 1.43. The number of benzene rings is 1. The Morgan fingerprint density at radius 3 is 2.50 bits per heavy atom. The Labute approximate surface area is 123 Å². The minimum Gasteiger partial charge on any atom is -0.312 e. The number of hydrogen-bond acceptors (Lipinski definition) is 2. The van der Waals surface area contributed by atoms with Crippen LogP contribution in [-0.2, 0) is 6.42 Å². The number of likely N-dealkylation sites (tertiary alicyclic amines) is 1. The highest BCUT2D eigenvalue weighted by atomic mass is 15.2. The molecule has 0 radical (unpaired) electrons. The van der Waals surface area contributed by atoms with E-state index in [9.17, 15) is 0 Å². The molecule has 2 saturated heterocycles. The van der Waals surface area contributed by atoms with Crippen LogP contribution in [0.15, 0.2) is 30.3 Å². The molecule has 0 amide bonds. The number of piperidine rings is 1. The maximum absolute atomic E-state index is 3.66. The molecular weight excluding hydrogens is 244 g/mol. The molecule has 0 aliphatic carbocycles. The van der Waals surface area contributed by atoms with E-state index in [2.05, 4.69) is 47.5 Å². The summed E-state index contributed by atoms with van der Waals surface area (Å²) in [5.74, 6) is 1.75. The van der Waals surface area contributed by atoms with Gasteiger partial charge in [0.1, 0.15) is 0 Å². The van der Waals surface area contributed by atoms with Gasteiger partial charge in [0, 0.05) is 12.6 Å². The van der Waals surface area contributed by atoms with Crippen molar-refractivity contribution in [2.45, 2.75) is 38.6 Å². The Morgan fingerprint density at radius 1 is 1.10 bits per heavy atom. The lowest BCUT2D eigenvalue weighted by atomic mass is 9.90. The van der Waals surface area contributed by atoms with Crippen molar-refractivity contribution in [1.82, 2.24) is 10.2 Å². The van der Waals surface area contributed by atoms with Crippen molar-refractivity contribution in [3.8, 4) is 0 Å². The Morgan fingerprint density at radius 2 is 1.85 bits per heavy atom. The van der Waals surface area contributed by atoms with Crippen molar-refractivity contribution in [3.63, 3.8) is 0 Å². The van der Waals surface area contributed by atoms with Crippen molar-refractivity contribution in [2.24, 2.45) is 11.8 Å².